The molecule has 0 fully saturated rings. The van der Waals surface area contributed by atoms with Crippen molar-refractivity contribution in [2.45, 2.75) is 33.1 Å². The third kappa shape index (κ3) is 5.47. The Labute approximate surface area is 129 Å². The minimum absolute atomic E-state index is 0.250. The molecule has 0 amide bonds. The van der Waals surface area contributed by atoms with Gasteiger partial charge in [-0.15, -0.1) is 0 Å². The molecule has 4 nitrogen and oxygen atoms in total. The number of ether oxygens (including phenoxy) is 1. The predicted molar refractivity (Wildman–Crippen MR) is 83.0 cm³/mol. The molecule has 0 spiro atoms. The molecule has 0 heterocycles. The maximum atomic E-state index is 8.69. The summed E-state index contributed by atoms with van der Waals surface area (Å²) in [5.74, 6) is 0.915. The molecule has 0 atom stereocenters. The Balaban J connectivity index is 2.32. The van der Waals surface area contributed by atoms with Crippen molar-refractivity contribution < 1.29 is 9.94 Å². The number of halogens is 2. The van der Waals surface area contributed by atoms with Gasteiger partial charge in [-0.3, -0.25) is 0 Å². The maximum Gasteiger partial charge on any atom is 0.144 e. The van der Waals surface area contributed by atoms with E-state index in [1.54, 1.807) is 18.2 Å². The molecule has 20 heavy (non-hydrogen) atoms. The van der Waals surface area contributed by atoms with Crippen LogP contribution in [-0.2, 0) is 0 Å². The largest absolute Gasteiger partial charge is 0.493 e. The van der Waals surface area contributed by atoms with E-state index in [4.69, 9.17) is 38.9 Å². The molecule has 1 aromatic carbocycles. The Hall–Kier alpha value is -1.13. The van der Waals surface area contributed by atoms with E-state index in [1.807, 2.05) is 13.8 Å². The molecule has 0 unspecified atom stereocenters. The van der Waals surface area contributed by atoms with Gasteiger partial charge in [0, 0.05) is 15.5 Å². The van der Waals surface area contributed by atoms with E-state index in [1.165, 1.54) is 0 Å². The van der Waals surface area contributed by atoms with Gasteiger partial charge in [0.15, 0.2) is 0 Å². The minimum Gasteiger partial charge on any atom is -0.493 e. The summed E-state index contributed by atoms with van der Waals surface area (Å²) in [5, 5.41) is 12.9. The molecular formula is C14H20Cl2N2O2. The fraction of sp³-hybridized carbons (Fsp3) is 0.500. The molecule has 6 heteroatoms. The van der Waals surface area contributed by atoms with Crippen molar-refractivity contribution in [3.63, 3.8) is 0 Å². The van der Waals surface area contributed by atoms with Crippen LogP contribution in [0.3, 0.4) is 0 Å². The number of hydrogen-bond acceptors (Lipinski definition) is 3. The topological polar surface area (TPSA) is 67.8 Å². The van der Waals surface area contributed by atoms with Crippen LogP contribution < -0.4 is 10.5 Å². The molecular weight excluding hydrogens is 299 g/mol. The number of hydrogen-bond donors (Lipinski definition) is 2. The second kappa shape index (κ2) is 7.60. The van der Waals surface area contributed by atoms with Crippen molar-refractivity contribution >= 4 is 29.0 Å². The van der Waals surface area contributed by atoms with Gasteiger partial charge in [-0.05, 0) is 37.5 Å². The van der Waals surface area contributed by atoms with E-state index in [9.17, 15) is 0 Å². The number of rotatable bonds is 7. The molecule has 3 N–H and O–H groups in total. The third-order valence-electron chi connectivity index (χ3n) is 3.10. The third-order valence-corrected chi connectivity index (χ3v) is 3.54. The van der Waals surface area contributed by atoms with Crippen LogP contribution in [0, 0.1) is 5.41 Å². The first kappa shape index (κ1) is 16.9. The van der Waals surface area contributed by atoms with Crippen LogP contribution in [0.1, 0.15) is 33.1 Å². The summed E-state index contributed by atoms with van der Waals surface area (Å²) < 4.78 is 5.59. The zero-order chi connectivity index (χ0) is 15.2. The quantitative estimate of drug-likeness (QED) is 0.259. The van der Waals surface area contributed by atoms with Gasteiger partial charge in [-0.25, -0.2) is 0 Å². The average molecular weight is 319 g/mol. The summed E-state index contributed by atoms with van der Waals surface area (Å²) in [6.45, 7) is 4.46. The Kier molecular flexibility index (Phi) is 6.43. The fourth-order valence-electron chi connectivity index (χ4n) is 1.73. The first-order chi connectivity index (χ1) is 9.35. The summed E-state index contributed by atoms with van der Waals surface area (Å²) in [6, 6.07) is 5.12. The molecule has 0 aromatic heterocycles. The van der Waals surface area contributed by atoms with Gasteiger partial charge < -0.3 is 15.7 Å². The first-order valence-corrected chi connectivity index (χ1v) is 7.17. The van der Waals surface area contributed by atoms with Crippen LogP contribution in [-0.4, -0.2) is 17.6 Å². The van der Waals surface area contributed by atoms with E-state index >= 15 is 0 Å². The second-order valence-electron chi connectivity index (χ2n) is 5.28. The summed E-state index contributed by atoms with van der Waals surface area (Å²) in [7, 11) is 0. The van der Waals surface area contributed by atoms with Crippen molar-refractivity contribution in [1.82, 2.24) is 0 Å². The van der Waals surface area contributed by atoms with Crippen LogP contribution in [0.25, 0.3) is 0 Å². The summed E-state index contributed by atoms with van der Waals surface area (Å²) in [5.41, 5.74) is 5.32. The van der Waals surface area contributed by atoms with Gasteiger partial charge in [0.05, 0.1) is 6.61 Å². The van der Waals surface area contributed by atoms with Gasteiger partial charge in [0.1, 0.15) is 11.6 Å². The summed E-state index contributed by atoms with van der Waals surface area (Å²) >= 11 is 11.8. The molecule has 0 radical (unpaired) electrons. The van der Waals surface area contributed by atoms with Crippen molar-refractivity contribution in [3.8, 4) is 5.75 Å². The zero-order valence-corrected chi connectivity index (χ0v) is 13.2. The highest BCUT2D eigenvalue weighted by Crippen LogP contribution is 2.25. The molecule has 0 bridgehead atoms. The number of benzene rings is 1. The van der Waals surface area contributed by atoms with Gasteiger partial charge in [0.25, 0.3) is 0 Å². The Morgan fingerprint density at radius 2 is 1.85 bits per heavy atom. The summed E-state index contributed by atoms with van der Waals surface area (Å²) in [4.78, 5) is 0. The lowest BCUT2D eigenvalue weighted by Gasteiger charge is -2.22. The van der Waals surface area contributed by atoms with E-state index in [0.717, 1.165) is 19.3 Å². The van der Waals surface area contributed by atoms with Crippen molar-refractivity contribution in [2.75, 3.05) is 6.61 Å². The van der Waals surface area contributed by atoms with Gasteiger partial charge >= 0.3 is 0 Å². The first-order valence-electron chi connectivity index (χ1n) is 6.42. The van der Waals surface area contributed by atoms with Gasteiger partial charge in [0.2, 0.25) is 0 Å². The Bertz CT molecular complexity index is 456. The van der Waals surface area contributed by atoms with Crippen LogP contribution >= 0.6 is 23.2 Å². The van der Waals surface area contributed by atoms with Crippen LogP contribution in [0.4, 0.5) is 0 Å². The summed E-state index contributed by atoms with van der Waals surface area (Å²) in [6.07, 6.45) is 2.60. The van der Waals surface area contributed by atoms with Crippen molar-refractivity contribution in [2.24, 2.45) is 16.3 Å². The smallest absolute Gasteiger partial charge is 0.144 e. The maximum absolute atomic E-state index is 8.69. The molecule has 0 aliphatic heterocycles. The van der Waals surface area contributed by atoms with Crippen molar-refractivity contribution in [1.29, 1.82) is 0 Å². The fourth-order valence-corrected chi connectivity index (χ4v) is 2.24. The molecule has 0 aliphatic rings. The van der Waals surface area contributed by atoms with Crippen LogP contribution in [0.2, 0.25) is 10.0 Å². The van der Waals surface area contributed by atoms with E-state index in [2.05, 4.69) is 5.16 Å². The standard InChI is InChI=1S/C14H20Cl2N2O2/c1-14(2,13(17)18-19)5-3-4-6-20-12-8-10(15)7-11(16)9-12/h7-9,19H,3-6H2,1-2H3,(H2,17,18). The molecule has 0 saturated heterocycles. The Morgan fingerprint density at radius 1 is 1.25 bits per heavy atom. The molecule has 1 rings (SSSR count). The van der Waals surface area contributed by atoms with Crippen LogP contribution in [0.5, 0.6) is 5.75 Å². The SMILES string of the molecule is CC(C)(CCCCOc1cc(Cl)cc(Cl)c1)/C(N)=N/O. The highest BCUT2D eigenvalue weighted by molar-refractivity contribution is 6.34. The number of amidine groups is 1. The predicted octanol–water partition coefficient (Wildman–Crippen LogP) is 4.32. The molecule has 0 saturated carbocycles. The lowest BCUT2D eigenvalue weighted by Crippen LogP contribution is -2.31. The van der Waals surface area contributed by atoms with Crippen LogP contribution in [0.15, 0.2) is 23.4 Å². The molecule has 0 aliphatic carbocycles. The average Bonchev–Trinajstić information content (AvgIpc) is 2.36. The molecule has 1 aromatic rings. The van der Waals surface area contributed by atoms with E-state index in [-0.39, 0.29) is 11.3 Å². The minimum atomic E-state index is -0.311. The highest BCUT2D eigenvalue weighted by atomic mass is 35.5. The van der Waals surface area contributed by atoms with Gasteiger partial charge in [-0.2, -0.15) is 0 Å². The zero-order valence-electron chi connectivity index (χ0n) is 11.7. The normalized spacial score (nSPS) is 12.5. The monoisotopic (exact) mass is 318 g/mol. The number of nitrogens with two attached hydrogens (primary N) is 1. The van der Waals surface area contributed by atoms with Gasteiger partial charge in [-0.1, -0.05) is 42.2 Å². The highest BCUT2D eigenvalue weighted by Gasteiger charge is 2.22. The van der Waals surface area contributed by atoms with E-state index in [0.29, 0.717) is 22.4 Å². The van der Waals surface area contributed by atoms with Crippen molar-refractivity contribution in [3.05, 3.63) is 28.2 Å². The number of oxime groups is 1. The molecule has 112 valence electrons. The number of unbranched alkanes of at least 4 members (excludes halogenated alkanes) is 1. The van der Waals surface area contributed by atoms with E-state index < -0.39 is 0 Å². The number of nitrogens with zero attached hydrogens (tertiary/aromatic N) is 1. The second-order valence-corrected chi connectivity index (χ2v) is 6.15. The lowest BCUT2D eigenvalue weighted by atomic mass is 9.86. The lowest BCUT2D eigenvalue weighted by molar-refractivity contribution is 0.288. The Morgan fingerprint density at radius 3 is 2.40 bits per heavy atom.